The van der Waals surface area contributed by atoms with Crippen molar-refractivity contribution in [2.45, 2.75) is 38.8 Å². The Hall–Kier alpha value is -0.510. The molecule has 118 valence electrons. The minimum absolute atomic E-state index is 0.0730. The third-order valence-corrected chi connectivity index (χ3v) is 5.57. The van der Waals surface area contributed by atoms with Gasteiger partial charge < -0.3 is 5.32 Å². The topological polar surface area (TPSA) is 15.3 Å². The third-order valence-electron chi connectivity index (χ3n) is 4.98. The van der Waals surface area contributed by atoms with Crippen molar-refractivity contribution in [3.05, 3.63) is 35.9 Å². The average Bonchev–Trinajstić information content (AvgIpc) is 2.53. The lowest BCUT2D eigenvalue weighted by Crippen LogP contribution is -2.63. The van der Waals surface area contributed by atoms with Crippen molar-refractivity contribution in [1.29, 1.82) is 0 Å². The Kier molecular flexibility index (Phi) is 6.15. The van der Waals surface area contributed by atoms with E-state index < -0.39 is 0 Å². The van der Waals surface area contributed by atoms with E-state index in [4.69, 9.17) is 0 Å². The van der Waals surface area contributed by atoms with Gasteiger partial charge in [-0.2, -0.15) is 11.8 Å². The predicted octanol–water partition coefficient (Wildman–Crippen LogP) is 3.58. The first-order chi connectivity index (χ1) is 10.1. The molecule has 2 rings (SSSR count). The predicted molar refractivity (Wildman–Crippen MR) is 95.0 cm³/mol. The monoisotopic (exact) mass is 306 g/mol. The summed E-state index contributed by atoms with van der Waals surface area (Å²) in [5.41, 5.74) is 1.48. The Labute approximate surface area is 134 Å². The SMILES string of the molecule is CCC(C)C1CNC(C)(c2ccccc2)CN1CCSC. The highest BCUT2D eigenvalue weighted by Gasteiger charge is 2.38. The molecule has 3 heteroatoms. The summed E-state index contributed by atoms with van der Waals surface area (Å²) < 4.78 is 0. The van der Waals surface area contributed by atoms with Crippen LogP contribution in [0.2, 0.25) is 0 Å². The molecule has 1 N–H and O–H groups in total. The van der Waals surface area contributed by atoms with Crippen LogP contribution >= 0.6 is 11.8 Å². The van der Waals surface area contributed by atoms with Crippen LogP contribution in [0.15, 0.2) is 30.3 Å². The molecule has 0 bridgehead atoms. The Morgan fingerprint density at radius 1 is 1.38 bits per heavy atom. The van der Waals surface area contributed by atoms with Gasteiger partial charge in [-0.05, 0) is 24.7 Å². The third kappa shape index (κ3) is 4.02. The van der Waals surface area contributed by atoms with Crippen LogP contribution in [0.1, 0.15) is 32.8 Å². The van der Waals surface area contributed by atoms with E-state index in [1.807, 2.05) is 11.8 Å². The van der Waals surface area contributed by atoms with Gasteiger partial charge >= 0.3 is 0 Å². The van der Waals surface area contributed by atoms with Crippen molar-refractivity contribution in [1.82, 2.24) is 10.2 Å². The Balaban J connectivity index is 2.15. The number of hydrogen-bond acceptors (Lipinski definition) is 3. The Bertz CT molecular complexity index is 422. The molecule has 21 heavy (non-hydrogen) atoms. The molecule has 1 aliphatic heterocycles. The van der Waals surface area contributed by atoms with Gasteiger partial charge in [-0.1, -0.05) is 50.6 Å². The lowest BCUT2D eigenvalue weighted by atomic mass is 9.85. The van der Waals surface area contributed by atoms with Crippen LogP contribution in [-0.2, 0) is 5.54 Å². The maximum absolute atomic E-state index is 3.84. The summed E-state index contributed by atoms with van der Waals surface area (Å²) in [6, 6.07) is 11.6. The number of hydrogen-bond donors (Lipinski definition) is 1. The van der Waals surface area contributed by atoms with Crippen LogP contribution < -0.4 is 5.32 Å². The van der Waals surface area contributed by atoms with Gasteiger partial charge in [0.25, 0.3) is 0 Å². The Morgan fingerprint density at radius 3 is 2.71 bits per heavy atom. The summed E-state index contributed by atoms with van der Waals surface area (Å²) in [7, 11) is 0. The van der Waals surface area contributed by atoms with E-state index >= 15 is 0 Å². The van der Waals surface area contributed by atoms with Crippen LogP contribution in [0, 0.1) is 5.92 Å². The van der Waals surface area contributed by atoms with Crippen LogP contribution in [0.4, 0.5) is 0 Å². The number of thioether (sulfide) groups is 1. The zero-order chi connectivity index (χ0) is 15.3. The Morgan fingerprint density at radius 2 is 2.10 bits per heavy atom. The quantitative estimate of drug-likeness (QED) is 0.865. The lowest BCUT2D eigenvalue weighted by molar-refractivity contribution is 0.0612. The second kappa shape index (κ2) is 7.66. The largest absolute Gasteiger partial charge is 0.305 e. The van der Waals surface area contributed by atoms with Crippen molar-refractivity contribution in [2.75, 3.05) is 31.6 Å². The fraction of sp³-hybridized carbons (Fsp3) is 0.667. The van der Waals surface area contributed by atoms with Gasteiger partial charge in [-0.3, -0.25) is 4.90 Å². The molecule has 3 unspecified atom stereocenters. The number of rotatable bonds is 6. The molecule has 0 spiro atoms. The van der Waals surface area contributed by atoms with E-state index in [0.717, 1.165) is 19.0 Å². The molecule has 2 nitrogen and oxygen atoms in total. The van der Waals surface area contributed by atoms with Gasteiger partial charge in [0.2, 0.25) is 0 Å². The molecule has 1 fully saturated rings. The normalized spacial score (nSPS) is 28.5. The number of nitrogens with one attached hydrogen (secondary N) is 1. The lowest BCUT2D eigenvalue weighted by Gasteiger charge is -2.48. The first-order valence-electron chi connectivity index (χ1n) is 8.14. The number of benzene rings is 1. The molecule has 0 radical (unpaired) electrons. The zero-order valence-electron chi connectivity index (χ0n) is 13.9. The van der Waals surface area contributed by atoms with Crippen molar-refractivity contribution in [3.8, 4) is 0 Å². The highest BCUT2D eigenvalue weighted by atomic mass is 32.2. The van der Waals surface area contributed by atoms with Crippen molar-refractivity contribution >= 4 is 11.8 Å². The molecule has 1 saturated heterocycles. The molecule has 1 aromatic rings. The average molecular weight is 307 g/mol. The van der Waals surface area contributed by atoms with Crippen LogP contribution in [0.3, 0.4) is 0 Å². The summed E-state index contributed by atoms with van der Waals surface area (Å²) in [6.45, 7) is 10.4. The van der Waals surface area contributed by atoms with Crippen LogP contribution in [0.25, 0.3) is 0 Å². The minimum Gasteiger partial charge on any atom is -0.305 e. The van der Waals surface area contributed by atoms with E-state index in [0.29, 0.717) is 6.04 Å². The molecular weight excluding hydrogens is 276 g/mol. The van der Waals surface area contributed by atoms with Crippen molar-refractivity contribution in [3.63, 3.8) is 0 Å². The molecule has 0 amide bonds. The maximum atomic E-state index is 3.84. The highest BCUT2D eigenvalue weighted by molar-refractivity contribution is 7.98. The van der Waals surface area contributed by atoms with Crippen LogP contribution in [-0.4, -0.2) is 42.6 Å². The van der Waals surface area contributed by atoms with Crippen LogP contribution in [0.5, 0.6) is 0 Å². The fourth-order valence-electron chi connectivity index (χ4n) is 3.32. The molecule has 0 saturated carbocycles. The number of piperazine rings is 1. The van der Waals surface area contributed by atoms with E-state index in [2.05, 4.69) is 67.6 Å². The van der Waals surface area contributed by atoms with Crippen molar-refractivity contribution < 1.29 is 0 Å². The number of nitrogens with zero attached hydrogens (tertiary/aromatic N) is 1. The van der Waals surface area contributed by atoms with E-state index in [1.54, 1.807) is 0 Å². The molecule has 1 heterocycles. The first-order valence-corrected chi connectivity index (χ1v) is 9.53. The molecule has 0 aliphatic carbocycles. The molecule has 1 aromatic carbocycles. The maximum Gasteiger partial charge on any atom is 0.0535 e. The van der Waals surface area contributed by atoms with E-state index in [1.165, 1.54) is 24.3 Å². The summed E-state index contributed by atoms with van der Waals surface area (Å²) in [6.07, 6.45) is 3.46. The summed E-state index contributed by atoms with van der Waals surface area (Å²) in [5, 5.41) is 3.84. The van der Waals surface area contributed by atoms with Gasteiger partial charge in [0, 0.05) is 31.4 Å². The van der Waals surface area contributed by atoms with E-state index in [-0.39, 0.29) is 5.54 Å². The molecular formula is C18H30N2S. The highest BCUT2D eigenvalue weighted by Crippen LogP contribution is 2.29. The second-order valence-corrected chi connectivity index (χ2v) is 7.48. The van der Waals surface area contributed by atoms with Gasteiger partial charge in [-0.25, -0.2) is 0 Å². The zero-order valence-corrected chi connectivity index (χ0v) is 14.7. The molecule has 1 aliphatic rings. The molecule has 0 aromatic heterocycles. The standard InChI is InChI=1S/C18H30N2S/c1-5-15(2)17-13-19-18(3,14-20(17)11-12-21-4)16-9-7-6-8-10-16/h6-10,15,17,19H,5,11-14H2,1-4H3. The summed E-state index contributed by atoms with van der Waals surface area (Å²) in [5.74, 6) is 1.97. The summed E-state index contributed by atoms with van der Waals surface area (Å²) in [4.78, 5) is 2.72. The van der Waals surface area contributed by atoms with Gasteiger partial charge in [0.05, 0.1) is 5.54 Å². The minimum atomic E-state index is 0.0730. The van der Waals surface area contributed by atoms with Gasteiger partial charge in [-0.15, -0.1) is 0 Å². The first kappa shape index (κ1) is 16.9. The van der Waals surface area contributed by atoms with E-state index in [9.17, 15) is 0 Å². The van der Waals surface area contributed by atoms with Crippen molar-refractivity contribution in [2.24, 2.45) is 5.92 Å². The molecule has 3 atom stereocenters. The fourth-order valence-corrected chi connectivity index (χ4v) is 3.74. The summed E-state index contributed by atoms with van der Waals surface area (Å²) >= 11 is 1.95. The van der Waals surface area contributed by atoms with Gasteiger partial charge in [0.15, 0.2) is 0 Å². The second-order valence-electron chi connectivity index (χ2n) is 6.50. The smallest absolute Gasteiger partial charge is 0.0535 e. The van der Waals surface area contributed by atoms with Gasteiger partial charge in [0.1, 0.15) is 0 Å².